The van der Waals surface area contributed by atoms with Gasteiger partial charge in [0.1, 0.15) is 12.4 Å². The van der Waals surface area contributed by atoms with E-state index < -0.39 is 11.6 Å². The van der Waals surface area contributed by atoms with Crippen molar-refractivity contribution in [1.82, 2.24) is 9.88 Å². The number of pyridine rings is 1. The number of hydrogen-bond acceptors (Lipinski definition) is 3. The zero-order chi connectivity index (χ0) is 19.5. The summed E-state index contributed by atoms with van der Waals surface area (Å²) in [6.45, 7) is 6.97. The minimum Gasteiger partial charge on any atom is -0.489 e. The van der Waals surface area contributed by atoms with E-state index in [9.17, 15) is 9.90 Å². The van der Waals surface area contributed by atoms with Crippen LogP contribution in [0.4, 0.5) is 4.79 Å². The minimum atomic E-state index is -0.902. The zero-order valence-corrected chi connectivity index (χ0v) is 15.9. The van der Waals surface area contributed by atoms with E-state index in [4.69, 9.17) is 4.74 Å². The Hall–Kier alpha value is -3.00. The Kier molecular flexibility index (Phi) is 5.09. The third kappa shape index (κ3) is 3.90. The lowest BCUT2D eigenvalue weighted by Crippen LogP contribution is -2.70. The largest absolute Gasteiger partial charge is 0.489 e. The molecule has 140 valence electrons. The fraction of sp³-hybridized carbons (Fsp3) is 0.364. The number of nitrogens with zero attached hydrogens (tertiary/aromatic N) is 2. The van der Waals surface area contributed by atoms with Crippen LogP contribution in [0.3, 0.4) is 0 Å². The molecule has 1 aromatic heterocycles. The summed E-state index contributed by atoms with van der Waals surface area (Å²) in [7, 11) is 0. The second kappa shape index (κ2) is 7.32. The van der Waals surface area contributed by atoms with E-state index in [2.05, 4.69) is 16.8 Å². The van der Waals surface area contributed by atoms with Crippen LogP contribution in [0, 0.1) is 17.3 Å². The van der Waals surface area contributed by atoms with Gasteiger partial charge in [0.05, 0.1) is 11.7 Å². The number of carbonyl (C=O) groups is 1. The number of ether oxygens (including phenoxy) is 1. The van der Waals surface area contributed by atoms with Crippen LogP contribution in [0.25, 0.3) is 0 Å². The molecular weight excluding hydrogens is 340 g/mol. The van der Waals surface area contributed by atoms with Gasteiger partial charge in [-0.05, 0) is 30.0 Å². The van der Waals surface area contributed by atoms with E-state index in [1.54, 1.807) is 12.4 Å². The Bertz CT molecular complexity index is 878. The number of aromatic nitrogens is 1. The molecule has 3 rings (SSSR count). The first-order valence-corrected chi connectivity index (χ1v) is 8.97. The molecule has 1 aliphatic rings. The maximum atomic E-state index is 11.6. The van der Waals surface area contributed by atoms with Crippen molar-refractivity contribution in [3.63, 3.8) is 0 Å². The van der Waals surface area contributed by atoms with E-state index in [0.29, 0.717) is 18.9 Å². The average molecular weight is 364 g/mol. The van der Waals surface area contributed by atoms with Gasteiger partial charge in [-0.25, -0.2) is 4.79 Å². The smallest absolute Gasteiger partial charge is 0.407 e. The maximum absolute atomic E-state index is 11.6. The van der Waals surface area contributed by atoms with E-state index in [1.807, 2.05) is 57.2 Å². The fourth-order valence-corrected chi connectivity index (χ4v) is 3.35. The summed E-state index contributed by atoms with van der Waals surface area (Å²) in [5.74, 6) is 6.78. The first-order chi connectivity index (χ1) is 12.8. The Morgan fingerprint density at radius 3 is 2.52 bits per heavy atom. The lowest BCUT2D eigenvalue weighted by molar-refractivity contribution is -0.0962. The van der Waals surface area contributed by atoms with Crippen LogP contribution in [0.2, 0.25) is 0 Å². The summed E-state index contributed by atoms with van der Waals surface area (Å²) in [4.78, 5) is 17.3. The molecule has 5 heteroatoms. The summed E-state index contributed by atoms with van der Waals surface area (Å²) in [5.41, 5.74) is 0.915. The van der Waals surface area contributed by atoms with Gasteiger partial charge < -0.3 is 9.84 Å². The molecule has 0 saturated carbocycles. The molecule has 1 aliphatic heterocycles. The highest BCUT2D eigenvalue weighted by Gasteiger charge is 2.55. The molecule has 1 N–H and O–H groups in total. The highest BCUT2D eigenvalue weighted by molar-refractivity contribution is 5.68. The molecule has 1 saturated heterocycles. The normalized spacial score (nSPS) is 18.9. The number of rotatable bonds is 3. The predicted molar refractivity (Wildman–Crippen MR) is 104 cm³/mol. The fourth-order valence-electron chi connectivity index (χ4n) is 3.35. The second-order valence-electron chi connectivity index (χ2n) is 7.78. The lowest BCUT2D eigenvalue weighted by Gasteiger charge is -2.57. The molecular formula is C22H24N2O3. The molecule has 1 atom stereocenters. The molecule has 2 heterocycles. The molecule has 1 fully saturated rings. The first kappa shape index (κ1) is 18.8. The molecule has 27 heavy (non-hydrogen) atoms. The van der Waals surface area contributed by atoms with Gasteiger partial charge in [-0.2, -0.15) is 0 Å². The van der Waals surface area contributed by atoms with Crippen molar-refractivity contribution in [2.75, 3.05) is 13.2 Å². The van der Waals surface area contributed by atoms with Crippen molar-refractivity contribution in [2.45, 2.75) is 32.7 Å². The van der Waals surface area contributed by atoms with Gasteiger partial charge in [0.15, 0.2) is 0 Å². The molecule has 5 nitrogen and oxygen atoms in total. The molecule has 0 spiro atoms. The number of likely N-dealkylation sites (tertiary alicyclic amines) is 1. The van der Waals surface area contributed by atoms with Gasteiger partial charge in [-0.15, -0.1) is 0 Å². The Labute approximate surface area is 160 Å². The topological polar surface area (TPSA) is 62.7 Å². The summed E-state index contributed by atoms with van der Waals surface area (Å²) >= 11 is 0. The first-order valence-electron chi connectivity index (χ1n) is 8.97. The summed E-state index contributed by atoms with van der Waals surface area (Å²) in [6, 6.07) is 11.6. The molecule has 0 radical (unpaired) electrons. The number of hydrogen-bond donors (Lipinski definition) is 1. The number of carboxylic acid groups (broad SMARTS) is 1. The highest BCUT2D eigenvalue weighted by atomic mass is 16.5. The van der Waals surface area contributed by atoms with Gasteiger partial charge in [0, 0.05) is 23.9 Å². The van der Waals surface area contributed by atoms with E-state index >= 15 is 0 Å². The van der Waals surface area contributed by atoms with Crippen molar-refractivity contribution in [2.24, 2.45) is 5.41 Å². The van der Waals surface area contributed by atoms with Gasteiger partial charge in [-0.3, -0.25) is 9.88 Å². The van der Waals surface area contributed by atoms with Gasteiger partial charge in [0.2, 0.25) is 0 Å². The monoisotopic (exact) mass is 364 g/mol. The predicted octanol–water partition coefficient (Wildman–Crippen LogP) is 4.03. The van der Waals surface area contributed by atoms with Gasteiger partial charge in [-0.1, -0.05) is 50.8 Å². The molecule has 0 aliphatic carbocycles. The van der Waals surface area contributed by atoms with Crippen molar-refractivity contribution >= 4 is 6.09 Å². The number of benzene rings is 1. The van der Waals surface area contributed by atoms with Crippen LogP contribution in [0.15, 0.2) is 48.8 Å². The highest BCUT2D eigenvalue weighted by Crippen LogP contribution is 2.45. The van der Waals surface area contributed by atoms with E-state index in [1.165, 1.54) is 4.90 Å². The Balaban J connectivity index is 1.75. The van der Waals surface area contributed by atoms with Crippen molar-refractivity contribution in [1.29, 1.82) is 0 Å². The van der Waals surface area contributed by atoms with Crippen LogP contribution in [-0.2, 0) is 0 Å². The van der Waals surface area contributed by atoms with Gasteiger partial charge in [0.25, 0.3) is 0 Å². The van der Waals surface area contributed by atoms with Crippen LogP contribution in [0.5, 0.6) is 5.75 Å². The summed E-state index contributed by atoms with van der Waals surface area (Å²) < 4.78 is 5.98. The Morgan fingerprint density at radius 2 is 1.93 bits per heavy atom. The third-order valence-corrected chi connectivity index (χ3v) is 5.21. The Morgan fingerprint density at radius 1 is 1.22 bits per heavy atom. The van der Waals surface area contributed by atoms with Crippen LogP contribution >= 0.6 is 0 Å². The SMILES string of the molecule is CC(C)(C)[C@@]1(COc2cncc(C#Cc3ccccc3)c2)CCN1C(=O)O. The van der Waals surface area contributed by atoms with Crippen molar-refractivity contribution in [3.8, 4) is 17.6 Å². The van der Waals surface area contributed by atoms with E-state index in [0.717, 1.165) is 17.5 Å². The van der Waals surface area contributed by atoms with Crippen LogP contribution < -0.4 is 4.74 Å². The van der Waals surface area contributed by atoms with Crippen molar-refractivity contribution in [3.05, 3.63) is 59.9 Å². The standard InChI is InChI=1S/C22H24N2O3/c1-21(2,3)22(11-12-24(22)20(25)26)16-27-19-13-18(14-23-15-19)10-9-17-7-5-4-6-8-17/h4-8,13-15H,11-12,16H2,1-3H3,(H,25,26)/t22-/m0/s1. The molecule has 0 unspecified atom stereocenters. The summed E-state index contributed by atoms with van der Waals surface area (Å²) in [5, 5.41) is 9.49. The third-order valence-electron chi connectivity index (χ3n) is 5.21. The summed E-state index contributed by atoms with van der Waals surface area (Å²) in [6.07, 6.45) is 3.20. The molecule has 1 amide bonds. The second-order valence-corrected chi connectivity index (χ2v) is 7.78. The van der Waals surface area contributed by atoms with Gasteiger partial charge >= 0.3 is 6.09 Å². The van der Waals surface area contributed by atoms with Crippen molar-refractivity contribution < 1.29 is 14.6 Å². The minimum absolute atomic E-state index is 0.234. The van der Waals surface area contributed by atoms with E-state index in [-0.39, 0.29) is 5.41 Å². The molecule has 1 aromatic carbocycles. The quantitative estimate of drug-likeness (QED) is 0.836. The van der Waals surface area contributed by atoms with Crippen LogP contribution in [-0.4, -0.2) is 39.8 Å². The van der Waals surface area contributed by atoms with Crippen LogP contribution in [0.1, 0.15) is 38.3 Å². The zero-order valence-electron chi connectivity index (χ0n) is 15.9. The molecule has 2 aromatic rings. The lowest BCUT2D eigenvalue weighted by atomic mass is 9.66. The molecule has 0 bridgehead atoms. The maximum Gasteiger partial charge on any atom is 0.407 e. The average Bonchev–Trinajstić information content (AvgIpc) is 2.59. The number of amides is 1.